The van der Waals surface area contributed by atoms with E-state index in [2.05, 4.69) is 35.1 Å². The molecule has 0 bridgehead atoms. The van der Waals surface area contributed by atoms with Crippen LogP contribution in [-0.4, -0.2) is 11.2 Å². The molecule has 1 unspecified atom stereocenters. The minimum atomic E-state index is 0.151. The normalized spacial score (nSPS) is 22.3. The first kappa shape index (κ1) is 13.0. The average molecular weight is 242 g/mol. The summed E-state index contributed by atoms with van der Waals surface area (Å²) in [6.07, 6.45) is 17.5. The zero-order valence-electron chi connectivity index (χ0n) is 11.2. The predicted octanol–water partition coefficient (Wildman–Crippen LogP) is 4.28. The van der Waals surface area contributed by atoms with Crippen molar-refractivity contribution in [3.8, 4) is 0 Å². The highest BCUT2D eigenvalue weighted by Gasteiger charge is 2.29. The molecule has 0 radical (unpaired) electrons. The van der Waals surface area contributed by atoms with Crippen molar-refractivity contribution in [2.75, 3.05) is 0 Å². The summed E-state index contributed by atoms with van der Waals surface area (Å²) in [7, 11) is 0. The van der Waals surface area contributed by atoms with Gasteiger partial charge in [0.15, 0.2) is 0 Å². The predicted molar refractivity (Wildman–Crippen MR) is 76.9 cm³/mol. The Morgan fingerprint density at radius 2 is 2.00 bits per heavy atom. The number of rotatable bonds is 6. The van der Waals surface area contributed by atoms with Gasteiger partial charge in [-0.05, 0) is 30.5 Å². The Hall–Kier alpha value is -1.44. The maximum Gasteiger partial charge on any atom is 0.0270 e. The van der Waals surface area contributed by atoms with Crippen LogP contribution < -0.4 is 0 Å². The van der Waals surface area contributed by atoms with E-state index in [4.69, 9.17) is 0 Å². The third kappa shape index (κ3) is 3.06. The van der Waals surface area contributed by atoms with Gasteiger partial charge in [0.1, 0.15) is 0 Å². The minimum Gasteiger partial charge on any atom is -0.269 e. The number of hydrogen-bond acceptors (Lipinski definition) is 2. The first-order valence-electron chi connectivity index (χ1n) is 6.97. The fourth-order valence-corrected chi connectivity index (χ4v) is 2.63. The molecule has 1 atom stereocenters. The van der Waals surface area contributed by atoms with Crippen LogP contribution in [0.3, 0.4) is 0 Å². The number of pyridine rings is 1. The summed E-state index contributed by atoms with van der Waals surface area (Å²) in [6.45, 7) is 2.26. The van der Waals surface area contributed by atoms with E-state index < -0.39 is 0 Å². The van der Waals surface area contributed by atoms with E-state index in [0.717, 1.165) is 6.42 Å². The first-order chi connectivity index (χ1) is 8.87. The van der Waals surface area contributed by atoms with Gasteiger partial charge in [0.2, 0.25) is 0 Å². The zero-order valence-corrected chi connectivity index (χ0v) is 11.2. The van der Waals surface area contributed by atoms with E-state index in [1.807, 2.05) is 24.8 Å². The summed E-state index contributed by atoms with van der Waals surface area (Å²) >= 11 is 0. The van der Waals surface area contributed by atoms with Gasteiger partial charge in [0.05, 0.1) is 0 Å². The lowest BCUT2D eigenvalue weighted by Gasteiger charge is -2.31. The molecule has 0 N–H and O–H groups in total. The number of unbranched alkanes of at least 4 members (excludes halogenated alkanes) is 3. The van der Waals surface area contributed by atoms with Crippen LogP contribution in [0.15, 0.2) is 41.8 Å². The summed E-state index contributed by atoms with van der Waals surface area (Å²) in [5, 5.41) is 0. The smallest absolute Gasteiger partial charge is 0.0270 e. The first-order valence-corrected chi connectivity index (χ1v) is 6.97. The number of aliphatic imine (C=N–C) groups is 1. The SMILES string of the molecule is CCCCCCC1(c2ccncc2)C=CN=CC1. The van der Waals surface area contributed by atoms with Crippen LogP contribution in [0.4, 0.5) is 0 Å². The van der Waals surface area contributed by atoms with Crippen molar-refractivity contribution in [1.82, 2.24) is 4.98 Å². The van der Waals surface area contributed by atoms with Gasteiger partial charge in [-0.3, -0.25) is 9.98 Å². The van der Waals surface area contributed by atoms with E-state index in [1.165, 1.54) is 37.7 Å². The van der Waals surface area contributed by atoms with Crippen molar-refractivity contribution in [2.24, 2.45) is 4.99 Å². The number of nitrogens with zero attached hydrogens (tertiary/aromatic N) is 2. The molecular weight excluding hydrogens is 220 g/mol. The van der Waals surface area contributed by atoms with Crippen molar-refractivity contribution in [1.29, 1.82) is 0 Å². The third-order valence-electron chi connectivity index (χ3n) is 3.77. The van der Waals surface area contributed by atoms with Crippen LogP contribution >= 0.6 is 0 Å². The average Bonchev–Trinajstić information content (AvgIpc) is 2.46. The second kappa shape index (κ2) is 6.48. The Morgan fingerprint density at radius 3 is 2.67 bits per heavy atom. The van der Waals surface area contributed by atoms with Crippen molar-refractivity contribution in [3.05, 3.63) is 42.4 Å². The van der Waals surface area contributed by atoms with Crippen LogP contribution in [0.25, 0.3) is 0 Å². The molecule has 1 aliphatic heterocycles. The highest BCUT2D eigenvalue weighted by atomic mass is 14.7. The van der Waals surface area contributed by atoms with Gasteiger partial charge in [-0.25, -0.2) is 0 Å². The number of hydrogen-bond donors (Lipinski definition) is 0. The van der Waals surface area contributed by atoms with E-state index in [0.29, 0.717) is 0 Å². The molecule has 2 rings (SSSR count). The summed E-state index contributed by atoms with van der Waals surface area (Å²) < 4.78 is 0. The van der Waals surface area contributed by atoms with Gasteiger partial charge in [-0.1, -0.05) is 38.7 Å². The standard InChI is InChI=1S/C16H22N2/c1-2-3-4-5-8-16(9-13-18-14-10-16)15-6-11-17-12-7-15/h6-7,9,11-14H,2-5,8,10H2,1H3. The van der Waals surface area contributed by atoms with Crippen LogP contribution in [0.1, 0.15) is 51.0 Å². The lowest BCUT2D eigenvalue weighted by Crippen LogP contribution is -2.25. The molecule has 0 aliphatic carbocycles. The third-order valence-corrected chi connectivity index (χ3v) is 3.77. The Kier molecular flexibility index (Phi) is 4.68. The van der Waals surface area contributed by atoms with Gasteiger partial charge < -0.3 is 0 Å². The van der Waals surface area contributed by atoms with Crippen LogP contribution in [-0.2, 0) is 5.41 Å². The second-order valence-electron chi connectivity index (χ2n) is 5.05. The lowest BCUT2D eigenvalue weighted by atomic mass is 9.73. The van der Waals surface area contributed by atoms with Gasteiger partial charge in [0, 0.05) is 30.2 Å². The maximum absolute atomic E-state index is 4.22. The Bertz CT molecular complexity index is 408. The van der Waals surface area contributed by atoms with Crippen molar-refractivity contribution in [3.63, 3.8) is 0 Å². The van der Waals surface area contributed by atoms with E-state index >= 15 is 0 Å². The molecule has 1 aromatic rings. The van der Waals surface area contributed by atoms with Gasteiger partial charge in [0.25, 0.3) is 0 Å². The lowest BCUT2D eigenvalue weighted by molar-refractivity contribution is 0.468. The highest BCUT2D eigenvalue weighted by molar-refractivity contribution is 5.64. The quantitative estimate of drug-likeness (QED) is 0.683. The zero-order chi connectivity index (χ0) is 12.7. The molecule has 18 heavy (non-hydrogen) atoms. The van der Waals surface area contributed by atoms with Crippen LogP contribution in [0.2, 0.25) is 0 Å². The molecule has 0 amide bonds. The molecule has 0 saturated carbocycles. The van der Waals surface area contributed by atoms with E-state index in [9.17, 15) is 0 Å². The molecule has 0 saturated heterocycles. The van der Waals surface area contributed by atoms with Gasteiger partial charge in [-0.2, -0.15) is 0 Å². The largest absolute Gasteiger partial charge is 0.269 e. The highest BCUT2D eigenvalue weighted by Crippen LogP contribution is 2.36. The molecule has 0 spiro atoms. The molecule has 96 valence electrons. The fraction of sp³-hybridized carbons (Fsp3) is 0.500. The summed E-state index contributed by atoms with van der Waals surface area (Å²) in [4.78, 5) is 8.34. The van der Waals surface area contributed by atoms with E-state index in [-0.39, 0.29) is 5.41 Å². The van der Waals surface area contributed by atoms with Crippen LogP contribution in [0.5, 0.6) is 0 Å². The Labute approximate surface area is 110 Å². The molecule has 2 nitrogen and oxygen atoms in total. The number of allylic oxidation sites excluding steroid dienone is 1. The summed E-state index contributed by atoms with van der Waals surface area (Å²) in [5.41, 5.74) is 1.52. The van der Waals surface area contributed by atoms with E-state index in [1.54, 1.807) is 0 Å². The maximum atomic E-state index is 4.22. The minimum absolute atomic E-state index is 0.151. The molecule has 1 aliphatic rings. The Morgan fingerprint density at radius 1 is 1.17 bits per heavy atom. The van der Waals surface area contributed by atoms with Gasteiger partial charge in [-0.15, -0.1) is 0 Å². The summed E-state index contributed by atoms with van der Waals surface area (Å²) in [6, 6.07) is 4.28. The number of aromatic nitrogens is 1. The molecular formula is C16H22N2. The molecule has 2 heteroatoms. The second-order valence-corrected chi connectivity index (χ2v) is 5.05. The molecule has 0 fully saturated rings. The van der Waals surface area contributed by atoms with Crippen molar-refractivity contribution >= 4 is 6.21 Å². The monoisotopic (exact) mass is 242 g/mol. The fourth-order valence-electron chi connectivity index (χ4n) is 2.63. The summed E-state index contributed by atoms with van der Waals surface area (Å²) in [5.74, 6) is 0. The molecule has 0 aromatic carbocycles. The van der Waals surface area contributed by atoms with Gasteiger partial charge >= 0.3 is 0 Å². The molecule has 2 heterocycles. The van der Waals surface area contributed by atoms with Crippen molar-refractivity contribution < 1.29 is 0 Å². The molecule has 1 aromatic heterocycles. The Balaban J connectivity index is 2.09. The van der Waals surface area contributed by atoms with Crippen LogP contribution in [0, 0.1) is 0 Å². The van der Waals surface area contributed by atoms with Crippen molar-refractivity contribution in [2.45, 2.75) is 50.9 Å². The topological polar surface area (TPSA) is 25.2 Å².